The minimum absolute atomic E-state index is 0.0205. The lowest BCUT2D eigenvalue weighted by atomic mass is 10.2. The van der Waals surface area contributed by atoms with Gasteiger partial charge in [-0.3, -0.25) is 5.43 Å². The van der Waals surface area contributed by atoms with E-state index in [0.29, 0.717) is 52.8 Å². The minimum Gasteiger partial charge on any atom is -0.504 e. The lowest BCUT2D eigenvalue weighted by molar-refractivity contribution is 0.233. The zero-order valence-electron chi connectivity index (χ0n) is 18.3. The van der Waals surface area contributed by atoms with E-state index in [-0.39, 0.29) is 12.4 Å². The number of hydrogen-bond donors (Lipinski definition) is 4. The highest BCUT2D eigenvalue weighted by Gasteiger charge is 2.10. The molecule has 4 aromatic rings. The number of aromatic hydroxyl groups is 1. The Morgan fingerprint density at radius 3 is 2.41 bits per heavy atom. The van der Waals surface area contributed by atoms with Gasteiger partial charge in [0.1, 0.15) is 29.4 Å². The summed E-state index contributed by atoms with van der Waals surface area (Å²) < 4.78 is 10.6. The van der Waals surface area contributed by atoms with Crippen LogP contribution in [0, 0.1) is 0 Å². The Kier molecular flexibility index (Phi) is 7.25. The minimum atomic E-state index is 0.0205. The highest BCUT2D eigenvalue weighted by Crippen LogP contribution is 2.27. The second kappa shape index (κ2) is 10.9. The summed E-state index contributed by atoms with van der Waals surface area (Å²) in [6.45, 7) is 0.546. The molecule has 174 valence electrons. The van der Waals surface area contributed by atoms with E-state index in [4.69, 9.17) is 14.6 Å². The lowest BCUT2D eigenvalue weighted by Gasteiger charge is -2.10. The third-order valence-corrected chi connectivity index (χ3v) is 4.70. The van der Waals surface area contributed by atoms with Crippen LogP contribution in [0.15, 0.2) is 60.2 Å². The molecular weight excluding hydrogens is 438 g/mol. The number of fused-ring (bicyclic) bond motifs is 1. The second-order valence-corrected chi connectivity index (χ2v) is 7.02. The maximum atomic E-state index is 9.90. The molecular formula is C23H23N7O4. The van der Waals surface area contributed by atoms with E-state index in [1.54, 1.807) is 12.1 Å². The summed E-state index contributed by atoms with van der Waals surface area (Å²) in [4.78, 5) is 17.1. The van der Waals surface area contributed by atoms with Gasteiger partial charge >= 0.3 is 0 Å². The predicted octanol–water partition coefficient (Wildman–Crippen LogP) is 3.08. The van der Waals surface area contributed by atoms with Gasteiger partial charge in [-0.2, -0.15) is 5.10 Å². The third-order valence-electron chi connectivity index (χ3n) is 4.70. The van der Waals surface area contributed by atoms with Crippen LogP contribution in [0.1, 0.15) is 12.0 Å². The van der Waals surface area contributed by atoms with Crippen molar-refractivity contribution >= 4 is 34.6 Å². The number of methoxy groups -OCH3 is 1. The van der Waals surface area contributed by atoms with Crippen LogP contribution in [-0.4, -0.2) is 56.7 Å². The number of phenolic OH excluding ortho intramolecular Hbond substituents is 1. The van der Waals surface area contributed by atoms with Gasteiger partial charge in [-0.15, -0.1) is 0 Å². The van der Waals surface area contributed by atoms with Crippen LogP contribution in [-0.2, 0) is 0 Å². The van der Waals surface area contributed by atoms with E-state index in [1.807, 2.05) is 24.3 Å². The first-order chi connectivity index (χ1) is 16.7. The van der Waals surface area contributed by atoms with Gasteiger partial charge in [-0.1, -0.05) is 0 Å². The van der Waals surface area contributed by atoms with Crippen LogP contribution >= 0.6 is 0 Å². The van der Waals surface area contributed by atoms with E-state index in [9.17, 15) is 5.11 Å². The average Bonchev–Trinajstić information content (AvgIpc) is 2.86. The van der Waals surface area contributed by atoms with E-state index in [1.165, 1.54) is 32.0 Å². The summed E-state index contributed by atoms with van der Waals surface area (Å²) in [6, 6.07) is 12.3. The van der Waals surface area contributed by atoms with Gasteiger partial charge in [0.15, 0.2) is 23.1 Å². The number of nitrogens with one attached hydrogen (secondary N) is 2. The molecule has 0 aliphatic heterocycles. The maximum absolute atomic E-state index is 9.90. The molecule has 0 radical (unpaired) electrons. The number of phenols is 1. The molecule has 11 nitrogen and oxygen atoms in total. The van der Waals surface area contributed by atoms with Crippen LogP contribution in [0.4, 0.5) is 17.3 Å². The lowest BCUT2D eigenvalue weighted by Crippen LogP contribution is -2.02. The van der Waals surface area contributed by atoms with E-state index >= 15 is 0 Å². The van der Waals surface area contributed by atoms with E-state index < -0.39 is 0 Å². The standard InChI is InChI=1S/C23H23N7O4/c1-33-19-8-3-15(11-18(19)32)12-28-30-23-21-20(24-14-27-23)22(26-13-25-21)29-16-4-6-17(7-5-16)34-10-2-9-31/h3-8,11-14,31-32H,2,9-10H2,1H3,(H,24,27,30)(H,25,26,29)/b28-12+. The van der Waals surface area contributed by atoms with Crippen molar-refractivity contribution in [3.05, 3.63) is 60.7 Å². The average molecular weight is 461 g/mol. The Morgan fingerprint density at radius 1 is 0.971 bits per heavy atom. The Balaban J connectivity index is 1.49. The molecule has 11 heteroatoms. The molecule has 0 spiro atoms. The number of nitrogens with zero attached hydrogens (tertiary/aromatic N) is 5. The molecule has 0 aliphatic carbocycles. The van der Waals surface area contributed by atoms with Gasteiger partial charge in [0.05, 0.1) is 19.9 Å². The normalized spacial score (nSPS) is 11.0. The van der Waals surface area contributed by atoms with Crippen molar-refractivity contribution in [1.29, 1.82) is 0 Å². The molecule has 34 heavy (non-hydrogen) atoms. The van der Waals surface area contributed by atoms with Gasteiger partial charge in [0.25, 0.3) is 0 Å². The van der Waals surface area contributed by atoms with Crippen molar-refractivity contribution in [1.82, 2.24) is 19.9 Å². The summed E-state index contributed by atoms with van der Waals surface area (Å²) in [5, 5.41) is 26.2. The Labute approximate surface area is 195 Å². The molecule has 2 heterocycles. The van der Waals surface area contributed by atoms with E-state index in [0.717, 1.165) is 5.69 Å². The molecule has 0 atom stereocenters. The summed E-state index contributed by atoms with van der Waals surface area (Å²) >= 11 is 0. The highest BCUT2D eigenvalue weighted by molar-refractivity contribution is 5.93. The maximum Gasteiger partial charge on any atom is 0.176 e. The fraction of sp³-hybridized carbons (Fsp3) is 0.174. The number of hydrogen-bond acceptors (Lipinski definition) is 11. The van der Waals surface area contributed by atoms with Gasteiger partial charge in [0, 0.05) is 18.7 Å². The van der Waals surface area contributed by atoms with Gasteiger partial charge in [0.2, 0.25) is 0 Å². The molecule has 0 amide bonds. The summed E-state index contributed by atoms with van der Waals surface area (Å²) in [5.74, 6) is 2.02. The van der Waals surface area contributed by atoms with Crippen LogP contribution in [0.3, 0.4) is 0 Å². The molecule has 0 aliphatic rings. The quantitative estimate of drug-likeness (QED) is 0.158. The third kappa shape index (κ3) is 5.45. The molecule has 2 aromatic carbocycles. The first-order valence-corrected chi connectivity index (χ1v) is 10.4. The first kappa shape index (κ1) is 22.7. The van der Waals surface area contributed by atoms with Gasteiger partial charge in [-0.05, 0) is 48.0 Å². The molecule has 0 saturated carbocycles. The smallest absolute Gasteiger partial charge is 0.176 e. The Hall–Kier alpha value is -4.51. The molecule has 4 N–H and O–H groups in total. The fourth-order valence-corrected chi connectivity index (χ4v) is 3.03. The van der Waals surface area contributed by atoms with Crippen LogP contribution < -0.4 is 20.2 Å². The topological polar surface area (TPSA) is 147 Å². The van der Waals surface area contributed by atoms with Crippen molar-refractivity contribution in [3.8, 4) is 17.2 Å². The van der Waals surface area contributed by atoms with Crippen molar-refractivity contribution in [2.75, 3.05) is 31.1 Å². The summed E-state index contributed by atoms with van der Waals surface area (Å²) in [6.07, 6.45) is 4.93. The van der Waals surface area contributed by atoms with Crippen LogP contribution in [0.2, 0.25) is 0 Å². The number of rotatable bonds is 10. The number of aromatic nitrogens is 4. The Morgan fingerprint density at radius 2 is 1.71 bits per heavy atom. The van der Waals surface area contributed by atoms with E-state index in [2.05, 4.69) is 35.8 Å². The van der Waals surface area contributed by atoms with Crippen molar-refractivity contribution in [2.45, 2.75) is 6.42 Å². The number of ether oxygens (including phenoxy) is 2. The molecule has 0 fully saturated rings. The zero-order valence-corrected chi connectivity index (χ0v) is 18.3. The second-order valence-electron chi connectivity index (χ2n) is 7.02. The first-order valence-electron chi connectivity index (χ1n) is 10.4. The molecule has 0 saturated heterocycles. The van der Waals surface area contributed by atoms with Gasteiger partial charge < -0.3 is 25.0 Å². The number of aliphatic hydroxyl groups is 1. The zero-order chi connectivity index (χ0) is 23.8. The number of anilines is 3. The van der Waals surface area contributed by atoms with Crippen LogP contribution in [0.25, 0.3) is 11.0 Å². The number of hydrazone groups is 1. The monoisotopic (exact) mass is 461 g/mol. The molecule has 0 bridgehead atoms. The fourth-order valence-electron chi connectivity index (χ4n) is 3.03. The van der Waals surface area contributed by atoms with Crippen LogP contribution in [0.5, 0.6) is 17.2 Å². The van der Waals surface area contributed by atoms with Gasteiger partial charge in [-0.25, -0.2) is 19.9 Å². The molecule has 4 rings (SSSR count). The van der Waals surface area contributed by atoms with Crippen molar-refractivity contribution in [2.24, 2.45) is 5.10 Å². The molecule has 0 unspecified atom stereocenters. The number of aliphatic hydroxyl groups excluding tert-OH is 1. The van der Waals surface area contributed by atoms with Crippen molar-refractivity contribution < 1.29 is 19.7 Å². The Bertz CT molecular complexity index is 1280. The largest absolute Gasteiger partial charge is 0.504 e. The highest BCUT2D eigenvalue weighted by atomic mass is 16.5. The predicted molar refractivity (Wildman–Crippen MR) is 128 cm³/mol. The molecule has 2 aromatic heterocycles. The number of benzene rings is 2. The summed E-state index contributed by atoms with van der Waals surface area (Å²) in [7, 11) is 1.49. The summed E-state index contributed by atoms with van der Waals surface area (Å²) in [5.41, 5.74) is 5.32. The SMILES string of the molecule is COc1ccc(/C=N/Nc2ncnc3c(Nc4ccc(OCCCO)cc4)ncnc23)cc1O. The van der Waals surface area contributed by atoms with Crippen molar-refractivity contribution in [3.63, 3.8) is 0 Å².